The van der Waals surface area contributed by atoms with Crippen LogP contribution in [0.25, 0.3) is 0 Å². The van der Waals surface area contributed by atoms with Crippen LogP contribution in [0.15, 0.2) is 0 Å². The monoisotopic (exact) mass is 435 g/mol. The van der Waals surface area contributed by atoms with E-state index in [1.807, 2.05) is 0 Å². The fourth-order valence-electron chi connectivity index (χ4n) is 3.37. The van der Waals surface area contributed by atoms with E-state index < -0.39 is 8.25 Å². The van der Waals surface area contributed by atoms with Crippen LogP contribution in [-0.4, -0.2) is 38.6 Å². The molecule has 0 aromatic rings. The van der Waals surface area contributed by atoms with E-state index in [2.05, 4.69) is 11.4 Å². The summed E-state index contributed by atoms with van der Waals surface area (Å²) in [5.74, 6) is -0.148. The highest BCUT2D eigenvalue weighted by Crippen LogP contribution is 2.22. The van der Waals surface area contributed by atoms with E-state index >= 15 is 0 Å². The van der Waals surface area contributed by atoms with Crippen LogP contribution in [0.3, 0.4) is 0 Å². The lowest BCUT2D eigenvalue weighted by molar-refractivity contribution is 0.0475. The fourth-order valence-corrected chi connectivity index (χ4v) is 3.81. The maximum Gasteiger partial charge on any atom is 0.697 e. The molecule has 5 nitrogen and oxygen atoms in total. The topological polar surface area (TPSA) is 65.0 Å². The van der Waals surface area contributed by atoms with Crippen LogP contribution in [0.4, 0.5) is 0 Å². The van der Waals surface area contributed by atoms with E-state index in [-0.39, 0.29) is 19.1 Å². The Morgan fingerprint density at radius 2 is 1.17 bits per heavy atom. The Kier molecular flexibility index (Phi) is 24.2. The summed E-state index contributed by atoms with van der Waals surface area (Å²) < 4.78 is 26.2. The summed E-state index contributed by atoms with van der Waals surface area (Å²) in [7, 11) is -0.740. The average molecular weight is 436 g/mol. The summed E-state index contributed by atoms with van der Waals surface area (Å²) in [5, 5.41) is 9.26. The normalized spacial score (nSPS) is 13.0. The molecule has 1 N–H and O–H groups in total. The minimum absolute atomic E-state index is 0.0359. The first-order valence-electron chi connectivity index (χ1n) is 12.1. The van der Waals surface area contributed by atoms with Gasteiger partial charge in [-0.2, -0.15) is 0 Å². The van der Waals surface area contributed by atoms with Crippen molar-refractivity contribution in [2.24, 2.45) is 5.92 Å². The number of aliphatic hydroxyl groups excluding tert-OH is 1. The molecule has 174 valence electrons. The van der Waals surface area contributed by atoms with Crippen molar-refractivity contribution in [2.45, 2.75) is 110 Å². The van der Waals surface area contributed by atoms with Gasteiger partial charge in [0.05, 0.1) is 20.3 Å². The van der Waals surface area contributed by atoms with Gasteiger partial charge in [-0.1, -0.05) is 103 Å². The van der Waals surface area contributed by atoms with E-state index in [0.717, 1.165) is 6.42 Å². The lowest BCUT2D eigenvalue weighted by Gasteiger charge is -2.11. The van der Waals surface area contributed by atoms with Crippen LogP contribution in [0.5, 0.6) is 0 Å². The number of hydrogen-bond acceptors (Lipinski definition) is 5. The summed E-state index contributed by atoms with van der Waals surface area (Å²) in [5.41, 5.74) is 0. The highest BCUT2D eigenvalue weighted by atomic mass is 31.1. The highest BCUT2D eigenvalue weighted by molar-refractivity contribution is 7.33. The lowest BCUT2D eigenvalue weighted by atomic mass is 10.0. The molecule has 0 heterocycles. The molecule has 0 saturated heterocycles. The van der Waals surface area contributed by atoms with Gasteiger partial charge in [0.2, 0.25) is 0 Å². The first kappa shape index (κ1) is 28.9. The summed E-state index contributed by atoms with van der Waals surface area (Å²) in [4.78, 5) is 0. The van der Waals surface area contributed by atoms with E-state index in [0.29, 0.717) is 13.2 Å². The van der Waals surface area contributed by atoms with Crippen LogP contribution in [0.2, 0.25) is 0 Å². The lowest BCUT2D eigenvalue weighted by Crippen LogP contribution is -2.19. The summed E-state index contributed by atoms with van der Waals surface area (Å²) in [6.45, 7) is 3.58. The van der Waals surface area contributed by atoms with E-state index in [4.69, 9.17) is 9.26 Å². The van der Waals surface area contributed by atoms with Gasteiger partial charge in [-0.05, 0) is 6.42 Å². The molecule has 0 aliphatic rings. The molecule has 2 atom stereocenters. The first-order valence-corrected chi connectivity index (χ1v) is 13.2. The van der Waals surface area contributed by atoms with Crippen molar-refractivity contribution in [2.75, 3.05) is 33.5 Å². The van der Waals surface area contributed by atoms with Crippen molar-refractivity contribution in [1.82, 2.24) is 0 Å². The largest absolute Gasteiger partial charge is 0.697 e. The van der Waals surface area contributed by atoms with Gasteiger partial charge in [0.25, 0.3) is 0 Å². The van der Waals surface area contributed by atoms with Gasteiger partial charge in [0.1, 0.15) is 6.61 Å². The second kappa shape index (κ2) is 24.2. The van der Waals surface area contributed by atoms with E-state index in [1.165, 1.54) is 103 Å². The molecular weight excluding hydrogens is 387 g/mol. The maximum atomic E-state index is 11.1. The Morgan fingerprint density at radius 3 is 1.59 bits per heavy atom. The van der Waals surface area contributed by atoms with Crippen LogP contribution in [0.1, 0.15) is 110 Å². The minimum atomic E-state index is -2.07. The second-order valence-electron chi connectivity index (χ2n) is 8.13. The van der Waals surface area contributed by atoms with Crippen molar-refractivity contribution in [1.29, 1.82) is 0 Å². The zero-order valence-electron chi connectivity index (χ0n) is 19.2. The standard InChI is InChI=1S/C23H48O5P/c1-3-4-5-6-7-8-9-10-11-12-13-14-15-16-17-18-19-27-21-23(20-24)22-28-29(25)26-2/h23-24H,3-22H2,1-2H3/q+1. The fraction of sp³-hybridized carbons (Fsp3) is 1.00. The van der Waals surface area contributed by atoms with Crippen molar-refractivity contribution >= 4 is 8.25 Å². The van der Waals surface area contributed by atoms with Crippen molar-refractivity contribution < 1.29 is 23.5 Å². The molecule has 0 rings (SSSR count). The molecule has 0 amide bonds. The molecule has 0 radical (unpaired) electrons. The van der Waals surface area contributed by atoms with Crippen LogP contribution in [-0.2, 0) is 18.3 Å². The minimum Gasteiger partial charge on any atom is -0.396 e. The highest BCUT2D eigenvalue weighted by Gasteiger charge is 2.20. The van der Waals surface area contributed by atoms with Crippen molar-refractivity contribution in [3.63, 3.8) is 0 Å². The SMILES string of the molecule is CCCCCCCCCCCCCCCCCCOCC(CO)CO[P+](=O)OC. The van der Waals surface area contributed by atoms with Crippen LogP contribution >= 0.6 is 8.25 Å². The van der Waals surface area contributed by atoms with E-state index in [1.54, 1.807) is 0 Å². The number of hydrogen-bond donors (Lipinski definition) is 1. The summed E-state index contributed by atoms with van der Waals surface area (Å²) in [6, 6.07) is 0. The zero-order chi connectivity index (χ0) is 21.4. The Morgan fingerprint density at radius 1 is 0.724 bits per heavy atom. The summed E-state index contributed by atoms with van der Waals surface area (Å²) in [6.07, 6.45) is 21.8. The molecule has 6 heteroatoms. The molecule has 0 aromatic heterocycles. The summed E-state index contributed by atoms with van der Waals surface area (Å²) >= 11 is 0. The molecular formula is C23H48O5P+. The third kappa shape index (κ3) is 22.4. The van der Waals surface area contributed by atoms with Gasteiger partial charge in [-0.3, -0.25) is 0 Å². The maximum absolute atomic E-state index is 11.1. The molecule has 0 fully saturated rings. The van der Waals surface area contributed by atoms with Gasteiger partial charge in [-0.15, -0.1) is 9.05 Å². The number of unbranched alkanes of at least 4 members (excludes halogenated alkanes) is 15. The van der Waals surface area contributed by atoms with Crippen LogP contribution < -0.4 is 0 Å². The van der Waals surface area contributed by atoms with Gasteiger partial charge >= 0.3 is 8.25 Å². The van der Waals surface area contributed by atoms with Gasteiger partial charge in [0, 0.05) is 17.1 Å². The Balaban J connectivity index is 3.20. The third-order valence-corrected chi connectivity index (χ3v) is 5.98. The Hall–Kier alpha value is -0.0600. The third-order valence-electron chi connectivity index (χ3n) is 5.32. The smallest absolute Gasteiger partial charge is 0.396 e. The predicted octanol–water partition coefficient (Wildman–Crippen LogP) is 7.19. The zero-order valence-corrected chi connectivity index (χ0v) is 20.1. The quantitative estimate of drug-likeness (QED) is 0.128. The molecule has 0 saturated carbocycles. The van der Waals surface area contributed by atoms with Gasteiger partial charge < -0.3 is 9.84 Å². The molecule has 0 aliphatic heterocycles. The number of aliphatic hydroxyl groups is 1. The Bertz CT molecular complexity index is 341. The first-order chi connectivity index (χ1) is 14.2. The molecule has 0 spiro atoms. The van der Waals surface area contributed by atoms with Crippen molar-refractivity contribution in [3.05, 3.63) is 0 Å². The Labute approximate surface area is 181 Å². The van der Waals surface area contributed by atoms with Crippen molar-refractivity contribution in [3.8, 4) is 0 Å². The van der Waals surface area contributed by atoms with Gasteiger partial charge in [-0.25, -0.2) is 0 Å². The molecule has 0 bridgehead atoms. The van der Waals surface area contributed by atoms with E-state index in [9.17, 15) is 9.67 Å². The van der Waals surface area contributed by atoms with Crippen LogP contribution in [0, 0.1) is 5.92 Å². The molecule has 2 unspecified atom stereocenters. The predicted molar refractivity (Wildman–Crippen MR) is 122 cm³/mol. The van der Waals surface area contributed by atoms with Gasteiger partial charge in [0.15, 0.2) is 0 Å². The molecule has 29 heavy (non-hydrogen) atoms. The number of ether oxygens (including phenoxy) is 1. The average Bonchev–Trinajstić information content (AvgIpc) is 2.74. The molecule has 0 aliphatic carbocycles. The second-order valence-corrected chi connectivity index (χ2v) is 9.20. The number of rotatable bonds is 24. The molecule has 0 aromatic carbocycles.